The Balaban J connectivity index is 2.13. The highest BCUT2D eigenvalue weighted by Gasteiger charge is 2.10. The highest BCUT2D eigenvalue weighted by atomic mass is 32.1. The maximum absolute atomic E-state index is 9.41. The van der Waals surface area contributed by atoms with Gasteiger partial charge >= 0.3 is 0 Å². The molecule has 0 unspecified atom stereocenters. The van der Waals surface area contributed by atoms with Crippen molar-refractivity contribution in [2.45, 2.75) is 13.2 Å². The summed E-state index contributed by atoms with van der Waals surface area (Å²) in [4.78, 5) is 5.65. The van der Waals surface area contributed by atoms with E-state index >= 15 is 0 Å². The third-order valence-electron chi connectivity index (χ3n) is 2.89. The van der Waals surface area contributed by atoms with Crippen molar-refractivity contribution < 1.29 is 5.11 Å². The van der Waals surface area contributed by atoms with E-state index in [0.29, 0.717) is 11.5 Å². The molecule has 1 aromatic carbocycles. The first-order valence-electron chi connectivity index (χ1n) is 5.66. The first kappa shape index (κ1) is 11.3. The van der Waals surface area contributed by atoms with Gasteiger partial charge in [0.15, 0.2) is 0 Å². The molecular weight excluding hydrogens is 246 g/mol. The molecule has 0 bridgehead atoms. The fourth-order valence-corrected chi connectivity index (χ4v) is 2.74. The van der Waals surface area contributed by atoms with Gasteiger partial charge < -0.3 is 15.4 Å². The first-order chi connectivity index (χ1) is 8.78. The van der Waals surface area contributed by atoms with Crippen LogP contribution in [0.4, 0.5) is 5.69 Å². The highest BCUT2D eigenvalue weighted by molar-refractivity contribution is 7.09. The lowest BCUT2D eigenvalue weighted by Gasteiger charge is -2.06. The number of aromatic nitrogens is 2. The monoisotopic (exact) mass is 259 g/mol. The van der Waals surface area contributed by atoms with Gasteiger partial charge in [-0.1, -0.05) is 6.07 Å². The maximum atomic E-state index is 9.41. The lowest BCUT2D eigenvalue weighted by molar-refractivity contribution is 0.267. The van der Waals surface area contributed by atoms with Crippen LogP contribution in [0.1, 0.15) is 10.7 Å². The van der Waals surface area contributed by atoms with Gasteiger partial charge in [0.2, 0.25) is 0 Å². The minimum Gasteiger partial charge on any atom is -0.399 e. The zero-order valence-electron chi connectivity index (χ0n) is 9.71. The summed E-state index contributed by atoms with van der Waals surface area (Å²) in [5.41, 5.74) is 8.27. The van der Waals surface area contributed by atoms with E-state index in [1.54, 1.807) is 11.3 Å². The molecule has 0 fully saturated rings. The lowest BCUT2D eigenvalue weighted by atomic mass is 10.3. The molecule has 0 spiro atoms. The number of aliphatic hydroxyl groups is 1. The van der Waals surface area contributed by atoms with Crippen molar-refractivity contribution in [1.82, 2.24) is 9.55 Å². The van der Waals surface area contributed by atoms with E-state index in [1.807, 2.05) is 34.2 Å². The second-order valence-corrected chi connectivity index (χ2v) is 5.13. The van der Waals surface area contributed by atoms with E-state index in [0.717, 1.165) is 17.6 Å². The van der Waals surface area contributed by atoms with Crippen LogP contribution in [-0.4, -0.2) is 14.7 Å². The molecule has 3 N–H and O–H groups in total. The molecule has 0 atom stereocenters. The minimum absolute atomic E-state index is 0.0695. The summed E-state index contributed by atoms with van der Waals surface area (Å²) in [6.45, 7) is 0.661. The molecule has 0 amide bonds. The molecule has 4 nitrogen and oxygen atoms in total. The third-order valence-corrected chi connectivity index (χ3v) is 3.75. The zero-order valence-corrected chi connectivity index (χ0v) is 10.5. The van der Waals surface area contributed by atoms with E-state index in [9.17, 15) is 5.11 Å². The second kappa shape index (κ2) is 4.44. The predicted molar refractivity (Wildman–Crippen MR) is 73.5 cm³/mol. The highest BCUT2D eigenvalue weighted by Crippen LogP contribution is 2.21. The van der Waals surface area contributed by atoms with Crippen LogP contribution >= 0.6 is 11.3 Å². The summed E-state index contributed by atoms with van der Waals surface area (Å²) < 4.78 is 2.03. The molecule has 0 aliphatic heterocycles. The molecular formula is C13H13N3OS. The number of nitrogen functional groups attached to an aromatic ring is 1. The Bertz CT molecular complexity index is 673. The Morgan fingerprint density at radius 2 is 2.22 bits per heavy atom. The van der Waals surface area contributed by atoms with Crippen molar-refractivity contribution in [1.29, 1.82) is 0 Å². The molecule has 18 heavy (non-hydrogen) atoms. The van der Waals surface area contributed by atoms with Crippen molar-refractivity contribution >= 4 is 28.1 Å². The molecule has 2 aromatic heterocycles. The SMILES string of the molecule is Nc1ccc2c(c1)nc(CO)n2Cc1cccs1. The number of hydrogen-bond acceptors (Lipinski definition) is 4. The number of rotatable bonds is 3. The average Bonchev–Trinajstić information content (AvgIpc) is 2.97. The van der Waals surface area contributed by atoms with Crippen molar-refractivity contribution in [3.63, 3.8) is 0 Å². The molecule has 3 rings (SSSR count). The molecule has 0 aliphatic carbocycles. The quantitative estimate of drug-likeness (QED) is 0.709. The van der Waals surface area contributed by atoms with Gasteiger partial charge in [0.25, 0.3) is 0 Å². The Morgan fingerprint density at radius 1 is 1.33 bits per heavy atom. The Labute approximate surface area is 108 Å². The number of aliphatic hydroxyl groups excluding tert-OH is 1. The van der Waals surface area contributed by atoms with Crippen LogP contribution in [0, 0.1) is 0 Å². The molecule has 3 aromatic rings. The van der Waals surface area contributed by atoms with E-state index in [-0.39, 0.29) is 6.61 Å². The van der Waals surface area contributed by atoms with E-state index in [4.69, 9.17) is 5.73 Å². The van der Waals surface area contributed by atoms with Crippen LogP contribution in [-0.2, 0) is 13.2 Å². The van der Waals surface area contributed by atoms with E-state index < -0.39 is 0 Å². The molecule has 92 valence electrons. The van der Waals surface area contributed by atoms with Gasteiger partial charge in [0, 0.05) is 10.6 Å². The van der Waals surface area contributed by atoms with Gasteiger partial charge in [0.05, 0.1) is 17.6 Å². The summed E-state index contributed by atoms with van der Waals surface area (Å²) in [6.07, 6.45) is 0. The summed E-state index contributed by atoms with van der Waals surface area (Å²) >= 11 is 1.70. The fourth-order valence-electron chi connectivity index (χ4n) is 2.05. The minimum atomic E-state index is -0.0695. The van der Waals surface area contributed by atoms with Crippen molar-refractivity contribution in [2.24, 2.45) is 0 Å². The topological polar surface area (TPSA) is 64.1 Å². The van der Waals surface area contributed by atoms with Crippen LogP contribution < -0.4 is 5.73 Å². The molecule has 2 heterocycles. The number of anilines is 1. The summed E-state index contributed by atoms with van der Waals surface area (Å²) in [5, 5.41) is 11.5. The van der Waals surface area contributed by atoms with Gasteiger partial charge in [-0.15, -0.1) is 11.3 Å². The van der Waals surface area contributed by atoms with Crippen LogP contribution in [0.2, 0.25) is 0 Å². The number of benzene rings is 1. The van der Waals surface area contributed by atoms with E-state index in [1.165, 1.54) is 4.88 Å². The predicted octanol–water partition coefficient (Wildman–Crippen LogP) is 2.22. The number of imidazole rings is 1. The summed E-state index contributed by atoms with van der Waals surface area (Å²) in [5.74, 6) is 0.670. The van der Waals surface area contributed by atoms with E-state index in [2.05, 4.69) is 11.1 Å². The van der Waals surface area contributed by atoms with Crippen molar-refractivity contribution in [2.75, 3.05) is 5.73 Å². The van der Waals surface area contributed by atoms with Gasteiger partial charge in [-0.3, -0.25) is 0 Å². The molecule has 0 saturated carbocycles. The molecule has 0 radical (unpaired) electrons. The van der Waals surface area contributed by atoms with Gasteiger partial charge in [-0.25, -0.2) is 4.98 Å². The second-order valence-electron chi connectivity index (χ2n) is 4.10. The van der Waals surface area contributed by atoms with Crippen LogP contribution in [0.25, 0.3) is 11.0 Å². The van der Waals surface area contributed by atoms with Gasteiger partial charge in [-0.2, -0.15) is 0 Å². The van der Waals surface area contributed by atoms with Crippen LogP contribution in [0.15, 0.2) is 35.7 Å². The van der Waals surface area contributed by atoms with Crippen molar-refractivity contribution in [3.8, 4) is 0 Å². The van der Waals surface area contributed by atoms with Gasteiger partial charge in [0.1, 0.15) is 12.4 Å². The van der Waals surface area contributed by atoms with Crippen LogP contribution in [0.5, 0.6) is 0 Å². The standard InChI is InChI=1S/C13H13N3OS/c14-9-3-4-12-11(6-9)15-13(8-17)16(12)7-10-2-1-5-18-10/h1-6,17H,7-8,14H2. The summed E-state index contributed by atoms with van der Waals surface area (Å²) in [6, 6.07) is 9.74. The molecule has 0 saturated heterocycles. The largest absolute Gasteiger partial charge is 0.399 e. The Hall–Kier alpha value is -1.85. The number of thiophene rings is 1. The number of nitrogens with two attached hydrogens (primary N) is 1. The van der Waals surface area contributed by atoms with Gasteiger partial charge in [-0.05, 0) is 29.6 Å². The number of hydrogen-bond donors (Lipinski definition) is 2. The summed E-state index contributed by atoms with van der Waals surface area (Å²) in [7, 11) is 0. The van der Waals surface area contributed by atoms with Crippen LogP contribution in [0.3, 0.4) is 0 Å². The Morgan fingerprint density at radius 3 is 2.94 bits per heavy atom. The lowest BCUT2D eigenvalue weighted by Crippen LogP contribution is -2.03. The fraction of sp³-hybridized carbons (Fsp3) is 0.154. The molecule has 0 aliphatic rings. The maximum Gasteiger partial charge on any atom is 0.136 e. The first-order valence-corrected chi connectivity index (χ1v) is 6.54. The molecule has 5 heteroatoms. The zero-order chi connectivity index (χ0) is 12.5. The number of nitrogens with zero attached hydrogens (tertiary/aromatic N) is 2. The van der Waals surface area contributed by atoms with Crippen molar-refractivity contribution in [3.05, 3.63) is 46.4 Å². The smallest absolute Gasteiger partial charge is 0.136 e. The number of fused-ring (bicyclic) bond motifs is 1. The Kier molecular flexibility index (Phi) is 2.77. The third kappa shape index (κ3) is 1.87. The average molecular weight is 259 g/mol. The normalized spacial score (nSPS) is 11.2.